The maximum absolute atomic E-state index is 5.57. The van der Waals surface area contributed by atoms with E-state index < -0.39 is 0 Å². The second-order valence-electron chi connectivity index (χ2n) is 3.36. The van der Waals surface area contributed by atoms with Crippen LogP contribution in [0.5, 0.6) is 0 Å². The molecule has 0 aromatic carbocycles. The lowest BCUT2D eigenvalue weighted by Gasteiger charge is -2.17. The van der Waals surface area contributed by atoms with Gasteiger partial charge in [0.05, 0.1) is 5.88 Å². The van der Waals surface area contributed by atoms with E-state index in [1.54, 1.807) is 6.26 Å². The lowest BCUT2D eigenvalue weighted by molar-refractivity contribution is 0.238. The number of hydrogen-bond acceptors (Lipinski definition) is 3. The third-order valence-corrected chi connectivity index (χ3v) is 2.40. The van der Waals surface area contributed by atoms with Crippen molar-refractivity contribution in [1.29, 1.82) is 0 Å². The standard InChI is InChI=1S/C12H13ClO3/c13-4-5-15-11-3-1-2-10(8-11)12-9-14-6-7-16-12/h3,6-9H,1-2,4-5H2. The lowest BCUT2D eigenvalue weighted by atomic mass is 10.0. The second-order valence-corrected chi connectivity index (χ2v) is 3.74. The zero-order chi connectivity index (χ0) is 11.2. The molecule has 1 aliphatic carbocycles. The van der Waals surface area contributed by atoms with E-state index in [-0.39, 0.29) is 0 Å². The number of halogens is 1. The van der Waals surface area contributed by atoms with E-state index in [0.29, 0.717) is 12.5 Å². The molecule has 4 heteroatoms. The quantitative estimate of drug-likeness (QED) is 0.707. The van der Waals surface area contributed by atoms with E-state index in [9.17, 15) is 0 Å². The number of alkyl halides is 1. The van der Waals surface area contributed by atoms with E-state index in [4.69, 9.17) is 25.8 Å². The summed E-state index contributed by atoms with van der Waals surface area (Å²) < 4.78 is 15.9. The Morgan fingerprint density at radius 2 is 2.31 bits per heavy atom. The average Bonchev–Trinajstić information content (AvgIpc) is 2.38. The summed E-state index contributed by atoms with van der Waals surface area (Å²) in [6.45, 7) is 0.521. The maximum Gasteiger partial charge on any atom is 0.164 e. The molecule has 86 valence electrons. The summed E-state index contributed by atoms with van der Waals surface area (Å²) in [7, 11) is 0. The fourth-order valence-electron chi connectivity index (χ4n) is 1.54. The molecule has 0 aromatic rings. The molecule has 1 heterocycles. The van der Waals surface area contributed by atoms with Crippen molar-refractivity contribution in [2.24, 2.45) is 0 Å². The van der Waals surface area contributed by atoms with Crippen LogP contribution >= 0.6 is 11.6 Å². The summed E-state index contributed by atoms with van der Waals surface area (Å²) in [5.41, 5.74) is 1.08. The molecule has 0 bridgehead atoms. The third kappa shape index (κ3) is 2.83. The first kappa shape index (κ1) is 11.1. The van der Waals surface area contributed by atoms with Gasteiger partial charge in [0.1, 0.15) is 31.2 Å². The Kier molecular flexibility index (Phi) is 3.94. The summed E-state index contributed by atoms with van der Waals surface area (Å²) in [5.74, 6) is 2.08. The Hall–Kier alpha value is -1.35. The molecule has 16 heavy (non-hydrogen) atoms. The van der Waals surface area contributed by atoms with Gasteiger partial charge in [0.15, 0.2) is 5.76 Å². The third-order valence-electron chi connectivity index (χ3n) is 2.24. The zero-order valence-electron chi connectivity index (χ0n) is 8.82. The number of ether oxygens (including phenoxy) is 3. The Morgan fingerprint density at radius 1 is 1.38 bits per heavy atom. The monoisotopic (exact) mass is 240 g/mol. The molecule has 2 aliphatic rings. The summed E-state index contributed by atoms with van der Waals surface area (Å²) in [4.78, 5) is 0. The SMILES string of the molecule is ClCCOC1=CCCC(C2=COC=CO2)=C1. The molecule has 0 N–H and O–H groups in total. The molecule has 0 spiro atoms. The molecule has 0 unspecified atom stereocenters. The van der Waals surface area contributed by atoms with Gasteiger partial charge < -0.3 is 14.2 Å². The van der Waals surface area contributed by atoms with Crippen LogP contribution in [0.4, 0.5) is 0 Å². The Bertz CT molecular complexity index is 366. The van der Waals surface area contributed by atoms with Crippen LogP contribution in [0.3, 0.4) is 0 Å². The van der Waals surface area contributed by atoms with Crippen molar-refractivity contribution in [2.45, 2.75) is 12.8 Å². The van der Waals surface area contributed by atoms with Gasteiger partial charge >= 0.3 is 0 Å². The largest absolute Gasteiger partial charge is 0.493 e. The molecule has 0 fully saturated rings. The molecule has 0 aromatic heterocycles. The fourth-order valence-corrected chi connectivity index (χ4v) is 1.61. The second kappa shape index (κ2) is 5.66. The van der Waals surface area contributed by atoms with E-state index >= 15 is 0 Å². The molecule has 0 amide bonds. The Balaban J connectivity index is 2.02. The highest BCUT2D eigenvalue weighted by molar-refractivity contribution is 6.17. The predicted molar refractivity (Wildman–Crippen MR) is 61.5 cm³/mol. The van der Waals surface area contributed by atoms with E-state index in [1.807, 2.05) is 6.08 Å². The molecule has 2 rings (SSSR count). The Labute approximate surface area is 99.6 Å². The first-order valence-corrected chi connectivity index (χ1v) is 5.71. The number of allylic oxidation sites excluding steroid dienone is 3. The van der Waals surface area contributed by atoms with Gasteiger partial charge in [-0.25, -0.2) is 0 Å². The van der Waals surface area contributed by atoms with Crippen molar-refractivity contribution < 1.29 is 14.2 Å². The molecule has 1 aliphatic heterocycles. The highest BCUT2D eigenvalue weighted by Crippen LogP contribution is 2.26. The summed E-state index contributed by atoms with van der Waals surface area (Å²) >= 11 is 5.57. The smallest absolute Gasteiger partial charge is 0.164 e. The van der Waals surface area contributed by atoms with E-state index in [2.05, 4.69) is 6.08 Å². The molecule has 3 nitrogen and oxygen atoms in total. The topological polar surface area (TPSA) is 27.7 Å². The van der Waals surface area contributed by atoms with E-state index in [1.165, 1.54) is 12.5 Å². The van der Waals surface area contributed by atoms with Gasteiger partial charge in [-0.15, -0.1) is 11.6 Å². The van der Waals surface area contributed by atoms with Crippen molar-refractivity contribution >= 4 is 11.6 Å². The minimum atomic E-state index is 0.492. The van der Waals surface area contributed by atoms with Crippen LogP contribution in [-0.4, -0.2) is 12.5 Å². The zero-order valence-corrected chi connectivity index (χ0v) is 9.57. The molecular formula is C12H13ClO3. The van der Waals surface area contributed by atoms with Crippen LogP contribution in [0.2, 0.25) is 0 Å². The molecular weight excluding hydrogens is 228 g/mol. The van der Waals surface area contributed by atoms with E-state index in [0.717, 1.165) is 29.9 Å². The summed E-state index contributed by atoms with van der Waals surface area (Å²) in [6.07, 6.45) is 10.5. The van der Waals surface area contributed by atoms with Crippen molar-refractivity contribution in [3.63, 3.8) is 0 Å². The number of hydrogen-bond donors (Lipinski definition) is 0. The molecule has 0 saturated heterocycles. The van der Waals surface area contributed by atoms with Crippen LogP contribution in [0.1, 0.15) is 12.8 Å². The van der Waals surface area contributed by atoms with Crippen LogP contribution in [0.25, 0.3) is 0 Å². The van der Waals surface area contributed by atoms with Gasteiger partial charge in [-0.2, -0.15) is 0 Å². The van der Waals surface area contributed by atoms with Gasteiger partial charge in [0.2, 0.25) is 0 Å². The average molecular weight is 241 g/mol. The predicted octanol–water partition coefficient (Wildman–Crippen LogP) is 3.21. The van der Waals surface area contributed by atoms with Gasteiger partial charge in [-0.3, -0.25) is 0 Å². The van der Waals surface area contributed by atoms with Crippen LogP contribution in [0.15, 0.2) is 48.0 Å². The highest BCUT2D eigenvalue weighted by Gasteiger charge is 2.13. The van der Waals surface area contributed by atoms with Crippen molar-refractivity contribution in [3.8, 4) is 0 Å². The van der Waals surface area contributed by atoms with Crippen LogP contribution in [0, 0.1) is 0 Å². The molecule has 0 atom stereocenters. The normalized spacial score (nSPS) is 18.9. The van der Waals surface area contributed by atoms with Gasteiger partial charge in [0, 0.05) is 5.57 Å². The first-order valence-electron chi connectivity index (χ1n) is 5.17. The number of rotatable bonds is 4. The van der Waals surface area contributed by atoms with Crippen LogP contribution in [-0.2, 0) is 14.2 Å². The minimum absolute atomic E-state index is 0.492. The van der Waals surface area contributed by atoms with Gasteiger partial charge in [-0.05, 0) is 25.0 Å². The lowest BCUT2D eigenvalue weighted by Crippen LogP contribution is -2.03. The Morgan fingerprint density at radius 3 is 3.06 bits per heavy atom. The van der Waals surface area contributed by atoms with Crippen molar-refractivity contribution in [3.05, 3.63) is 48.0 Å². The first-order chi connectivity index (χ1) is 7.90. The minimum Gasteiger partial charge on any atom is -0.493 e. The highest BCUT2D eigenvalue weighted by atomic mass is 35.5. The van der Waals surface area contributed by atoms with Gasteiger partial charge in [0.25, 0.3) is 0 Å². The van der Waals surface area contributed by atoms with Crippen molar-refractivity contribution in [1.82, 2.24) is 0 Å². The summed E-state index contributed by atoms with van der Waals surface area (Å²) in [6, 6.07) is 0. The van der Waals surface area contributed by atoms with Gasteiger partial charge in [-0.1, -0.05) is 0 Å². The molecule has 0 saturated carbocycles. The van der Waals surface area contributed by atoms with Crippen molar-refractivity contribution in [2.75, 3.05) is 12.5 Å². The summed E-state index contributed by atoms with van der Waals surface area (Å²) in [5, 5.41) is 0. The maximum atomic E-state index is 5.57. The molecule has 0 radical (unpaired) electrons. The van der Waals surface area contributed by atoms with Crippen LogP contribution < -0.4 is 0 Å². The fraction of sp³-hybridized carbons (Fsp3) is 0.333.